The van der Waals surface area contributed by atoms with Crippen LogP contribution in [0.2, 0.25) is 0 Å². The number of carbonyl (C=O) groups is 1. The van der Waals surface area contributed by atoms with Gasteiger partial charge < -0.3 is 15.2 Å². The van der Waals surface area contributed by atoms with Gasteiger partial charge in [0.05, 0.1) is 17.7 Å². The number of carbonyl (C=O) groups excluding carboxylic acids is 1. The van der Waals surface area contributed by atoms with Crippen molar-refractivity contribution < 1.29 is 14.6 Å². The zero-order valence-electron chi connectivity index (χ0n) is 9.90. The molecule has 1 aromatic carbocycles. The van der Waals surface area contributed by atoms with E-state index in [-0.39, 0.29) is 17.2 Å². The second kappa shape index (κ2) is 4.75. The topological polar surface area (TPSA) is 58.6 Å². The molecule has 1 heterocycles. The Balaban J connectivity index is 2.09. The Kier molecular flexibility index (Phi) is 3.33. The van der Waals surface area contributed by atoms with Crippen LogP contribution in [-0.4, -0.2) is 29.8 Å². The molecular weight excluding hydrogens is 218 g/mol. The van der Waals surface area contributed by atoms with E-state index in [4.69, 9.17) is 4.74 Å². The van der Waals surface area contributed by atoms with Crippen molar-refractivity contribution in [3.05, 3.63) is 29.8 Å². The third kappa shape index (κ3) is 2.77. The summed E-state index contributed by atoms with van der Waals surface area (Å²) in [6, 6.07) is 6.54. The maximum absolute atomic E-state index is 12.0. The number of phenols is 1. The number of aromatic hydroxyl groups is 1. The fourth-order valence-corrected chi connectivity index (χ4v) is 2.04. The lowest BCUT2D eigenvalue weighted by Crippen LogP contribution is -2.51. The molecule has 0 saturated carbocycles. The first-order valence-electron chi connectivity index (χ1n) is 5.79. The van der Waals surface area contributed by atoms with Crippen LogP contribution in [0.4, 0.5) is 0 Å². The number of para-hydroxylation sites is 1. The molecule has 0 bridgehead atoms. The fourth-order valence-electron chi connectivity index (χ4n) is 2.04. The molecule has 1 atom stereocenters. The molecule has 1 amide bonds. The summed E-state index contributed by atoms with van der Waals surface area (Å²) in [6.45, 7) is 3.23. The smallest absolute Gasteiger partial charge is 0.255 e. The van der Waals surface area contributed by atoms with Crippen LogP contribution in [0.3, 0.4) is 0 Å². The van der Waals surface area contributed by atoms with E-state index in [9.17, 15) is 9.90 Å². The van der Waals surface area contributed by atoms with Crippen LogP contribution < -0.4 is 5.32 Å². The highest BCUT2D eigenvalue weighted by atomic mass is 16.5. The summed E-state index contributed by atoms with van der Waals surface area (Å²) in [6.07, 6.45) is 1.84. The monoisotopic (exact) mass is 235 g/mol. The predicted octanol–water partition coefficient (Wildman–Crippen LogP) is 1.69. The van der Waals surface area contributed by atoms with Crippen LogP contribution in [0.5, 0.6) is 5.75 Å². The van der Waals surface area contributed by atoms with Gasteiger partial charge in [-0.05, 0) is 31.9 Å². The lowest BCUT2D eigenvalue weighted by molar-refractivity contribution is 0.0272. The molecule has 17 heavy (non-hydrogen) atoms. The maximum atomic E-state index is 12.0. The average molecular weight is 235 g/mol. The van der Waals surface area contributed by atoms with Gasteiger partial charge in [-0.2, -0.15) is 0 Å². The van der Waals surface area contributed by atoms with Crippen molar-refractivity contribution in [1.82, 2.24) is 5.32 Å². The summed E-state index contributed by atoms with van der Waals surface area (Å²) in [4.78, 5) is 12.0. The van der Waals surface area contributed by atoms with Gasteiger partial charge in [0.25, 0.3) is 5.91 Å². The summed E-state index contributed by atoms with van der Waals surface area (Å²) < 4.78 is 5.37. The Bertz CT molecular complexity index is 411. The van der Waals surface area contributed by atoms with Crippen molar-refractivity contribution in [2.24, 2.45) is 0 Å². The maximum Gasteiger partial charge on any atom is 0.255 e. The van der Waals surface area contributed by atoms with E-state index in [2.05, 4.69) is 5.32 Å². The van der Waals surface area contributed by atoms with E-state index in [1.54, 1.807) is 18.2 Å². The highest BCUT2D eigenvalue weighted by molar-refractivity contribution is 5.97. The normalized spacial score (nSPS) is 24.3. The molecular formula is C13H17NO3. The summed E-state index contributed by atoms with van der Waals surface area (Å²) in [5, 5.41) is 12.5. The number of hydrogen-bond acceptors (Lipinski definition) is 3. The molecule has 0 radical (unpaired) electrons. The average Bonchev–Trinajstić information content (AvgIpc) is 2.29. The third-order valence-electron chi connectivity index (χ3n) is 3.00. The lowest BCUT2D eigenvalue weighted by Gasteiger charge is -2.34. The molecule has 0 spiro atoms. The SMILES string of the molecule is CC1(NC(=O)c2ccccc2O)CCCOC1. The van der Waals surface area contributed by atoms with Gasteiger partial charge >= 0.3 is 0 Å². The minimum absolute atomic E-state index is 0.00493. The van der Waals surface area contributed by atoms with Crippen molar-refractivity contribution in [2.75, 3.05) is 13.2 Å². The molecule has 1 fully saturated rings. The van der Waals surface area contributed by atoms with E-state index in [0.29, 0.717) is 12.2 Å². The second-order valence-electron chi connectivity index (χ2n) is 4.69. The zero-order chi connectivity index (χ0) is 12.3. The zero-order valence-corrected chi connectivity index (χ0v) is 9.90. The number of rotatable bonds is 2. The molecule has 1 saturated heterocycles. The minimum Gasteiger partial charge on any atom is -0.507 e. The van der Waals surface area contributed by atoms with Crippen molar-refractivity contribution in [3.63, 3.8) is 0 Å². The number of ether oxygens (including phenoxy) is 1. The molecule has 0 aliphatic carbocycles. The number of amides is 1. The van der Waals surface area contributed by atoms with Crippen LogP contribution in [0.15, 0.2) is 24.3 Å². The molecule has 2 rings (SSSR count). The molecule has 1 unspecified atom stereocenters. The van der Waals surface area contributed by atoms with Gasteiger partial charge in [-0.25, -0.2) is 0 Å². The molecule has 1 aromatic rings. The standard InChI is InChI=1S/C13H17NO3/c1-13(7-4-8-17-9-13)14-12(16)10-5-2-3-6-11(10)15/h2-3,5-6,15H,4,7-9H2,1H3,(H,14,16). The summed E-state index contributed by atoms with van der Waals surface area (Å²) in [5.74, 6) is -0.249. The van der Waals surface area contributed by atoms with Crippen LogP contribution in [0, 0.1) is 0 Å². The Morgan fingerprint density at radius 3 is 2.88 bits per heavy atom. The van der Waals surface area contributed by atoms with Gasteiger partial charge in [0, 0.05) is 6.61 Å². The van der Waals surface area contributed by atoms with Crippen molar-refractivity contribution in [3.8, 4) is 5.75 Å². The Morgan fingerprint density at radius 1 is 1.47 bits per heavy atom. The Hall–Kier alpha value is -1.55. The van der Waals surface area contributed by atoms with Gasteiger partial charge in [-0.3, -0.25) is 4.79 Å². The highest BCUT2D eigenvalue weighted by Crippen LogP contribution is 2.21. The second-order valence-corrected chi connectivity index (χ2v) is 4.69. The first kappa shape index (κ1) is 11.9. The van der Waals surface area contributed by atoms with E-state index < -0.39 is 0 Å². The third-order valence-corrected chi connectivity index (χ3v) is 3.00. The fraction of sp³-hybridized carbons (Fsp3) is 0.462. The number of nitrogens with one attached hydrogen (secondary N) is 1. The van der Waals surface area contributed by atoms with Gasteiger partial charge in [0.1, 0.15) is 5.75 Å². The van der Waals surface area contributed by atoms with Gasteiger partial charge in [0.2, 0.25) is 0 Å². The molecule has 4 nitrogen and oxygen atoms in total. The molecule has 1 aliphatic rings. The van der Waals surface area contributed by atoms with E-state index in [0.717, 1.165) is 19.4 Å². The van der Waals surface area contributed by atoms with Crippen molar-refractivity contribution >= 4 is 5.91 Å². The van der Waals surface area contributed by atoms with Crippen molar-refractivity contribution in [1.29, 1.82) is 0 Å². The summed E-state index contributed by atoms with van der Waals surface area (Å²) >= 11 is 0. The van der Waals surface area contributed by atoms with Crippen LogP contribution >= 0.6 is 0 Å². The first-order valence-corrected chi connectivity index (χ1v) is 5.79. The van der Waals surface area contributed by atoms with E-state index >= 15 is 0 Å². The number of benzene rings is 1. The first-order chi connectivity index (χ1) is 8.11. The molecule has 2 N–H and O–H groups in total. The van der Waals surface area contributed by atoms with Crippen molar-refractivity contribution in [2.45, 2.75) is 25.3 Å². The van der Waals surface area contributed by atoms with E-state index in [1.807, 2.05) is 6.92 Å². The van der Waals surface area contributed by atoms with Crippen LogP contribution in [-0.2, 0) is 4.74 Å². The van der Waals surface area contributed by atoms with Crippen LogP contribution in [0.25, 0.3) is 0 Å². The molecule has 92 valence electrons. The Labute approximate surface area is 101 Å². The summed E-state index contributed by atoms with van der Waals surface area (Å²) in [7, 11) is 0. The number of phenolic OH excluding ortho intramolecular Hbond substituents is 1. The Morgan fingerprint density at radius 2 is 2.24 bits per heavy atom. The quantitative estimate of drug-likeness (QED) is 0.820. The molecule has 1 aliphatic heterocycles. The largest absolute Gasteiger partial charge is 0.507 e. The predicted molar refractivity (Wildman–Crippen MR) is 64.0 cm³/mol. The van der Waals surface area contributed by atoms with Gasteiger partial charge in [-0.15, -0.1) is 0 Å². The molecule has 0 aromatic heterocycles. The van der Waals surface area contributed by atoms with E-state index in [1.165, 1.54) is 6.07 Å². The van der Waals surface area contributed by atoms with Gasteiger partial charge in [-0.1, -0.05) is 12.1 Å². The highest BCUT2D eigenvalue weighted by Gasteiger charge is 2.30. The van der Waals surface area contributed by atoms with Crippen LogP contribution in [0.1, 0.15) is 30.1 Å². The summed E-state index contributed by atoms with van der Waals surface area (Å²) in [5.41, 5.74) is -0.0308. The number of hydrogen-bond donors (Lipinski definition) is 2. The molecule has 4 heteroatoms. The minimum atomic E-state index is -0.336. The lowest BCUT2D eigenvalue weighted by atomic mass is 9.94. The van der Waals surface area contributed by atoms with Gasteiger partial charge in [0.15, 0.2) is 0 Å².